The van der Waals surface area contributed by atoms with E-state index in [-0.39, 0.29) is 23.7 Å². The number of amides is 2. The normalized spacial score (nSPS) is 23.5. The lowest BCUT2D eigenvalue weighted by atomic mass is 9.87. The van der Waals surface area contributed by atoms with Crippen LogP contribution in [0.1, 0.15) is 54.7 Å². The summed E-state index contributed by atoms with van der Waals surface area (Å²) >= 11 is 12.8. The van der Waals surface area contributed by atoms with Gasteiger partial charge in [0.15, 0.2) is 11.5 Å². The van der Waals surface area contributed by atoms with Gasteiger partial charge in [-0.1, -0.05) is 29.3 Å². The van der Waals surface area contributed by atoms with Gasteiger partial charge in [0, 0.05) is 62.8 Å². The van der Waals surface area contributed by atoms with E-state index in [0.717, 1.165) is 43.7 Å². The zero-order valence-electron chi connectivity index (χ0n) is 25.9. The molecule has 1 aromatic heterocycles. The van der Waals surface area contributed by atoms with Crippen LogP contribution in [0.15, 0.2) is 53.5 Å². The lowest BCUT2D eigenvalue weighted by Gasteiger charge is -2.40. The minimum absolute atomic E-state index is 0.0599. The van der Waals surface area contributed by atoms with Crippen LogP contribution in [-0.4, -0.2) is 100 Å². The fourth-order valence-corrected chi connectivity index (χ4v) is 7.78. The second-order valence-electron chi connectivity index (χ2n) is 12.8. The molecule has 2 unspecified atom stereocenters. The summed E-state index contributed by atoms with van der Waals surface area (Å²) in [5.74, 6) is -0.542. The quantitative estimate of drug-likeness (QED) is 0.338. The Morgan fingerprint density at radius 1 is 0.891 bits per heavy atom. The second kappa shape index (κ2) is 13.0. The van der Waals surface area contributed by atoms with Crippen LogP contribution in [0.3, 0.4) is 0 Å². The Labute approximate surface area is 278 Å². The number of hydrogen-bond donors (Lipinski definition) is 0. The van der Waals surface area contributed by atoms with Gasteiger partial charge < -0.3 is 19.6 Å². The number of hydrogen-bond acceptors (Lipinski definition) is 6. The molecular weight excluding hydrogens is 628 g/mol. The predicted molar refractivity (Wildman–Crippen MR) is 178 cm³/mol. The molecule has 12 heteroatoms. The molecule has 7 rings (SSSR count). The number of halogens is 3. The zero-order valence-corrected chi connectivity index (χ0v) is 27.4. The Bertz CT molecular complexity index is 1650. The molecule has 9 nitrogen and oxygen atoms in total. The Hall–Kier alpha value is -3.47. The van der Waals surface area contributed by atoms with E-state index in [0.29, 0.717) is 60.0 Å². The molecule has 5 heterocycles. The SMILES string of the molecule is CC1=Nc2cc(C(=O)N3CCC[C@H]3CN3CCCC3)nn2C(c2ccc(Cl)c(Cl)c2)C1C(=O)N1CCN(c2ccc(F)cc2)CC1. The van der Waals surface area contributed by atoms with Crippen LogP contribution < -0.4 is 4.90 Å². The van der Waals surface area contributed by atoms with Gasteiger partial charge in [0.05, 0.1) is 16.1 Å². The van der Waals surface area contributed by atoms with E-state index in [4.69, 9.17) is 33.3 Å². The number of anilines is 1. The molecule has 0 spiro atoms. The van der Waals surface area contributed by atoms with Crippen molar-refractivity contribution in [1.82, 2.24) is 24.5 Å². The number of benzene rings is 2. The van der Waals surface area contributed by atoms with Crippen LogP contribution in [0.2, 0.25) is 10.0 Å². The average molecular weight is 667 g/mol. The van der Waals surface area contributed by atoms with E-state index in [2.05, 4.69) is 9.80 Å². The van der Waals surface area contributed by atoms with E-state index in [1.165, 1.54) is 25.0 Å². The molecule has 242 valence electrons. The molecule has 46 heavy (non-hydrogen) atoms. The summed E-state index contributed by atoms with van der Waals surface area (Å²) in [6.45, 7) is 7.92. The van der Waals surface area contributed by atoms with Crippen molar-refractivity contribution in [2.75, 3.05) is 57.3 Å². The molecule has 3 fully saturated rings. The van der Waals surface area contributed by atoms with Crippen molar-refractivity contribution in [2.24, 2.45) is 10.9 Å². The number of aliphatic imine (C=N–C) groups is 1. The molecule has 3 aromatic rings. The molecule has 0 N–H and O–H groups in total. The lowest BCUT2D eigenvalue weighted by molar-refractivity contribution is -0.134. The summed E-state index contributed by atoms with van der Waals surface area (Å²) in [7, 11) is 0. The second-order valence-corrected chi connectivity index (χ2v) is 13.6. The molecule has 0 aliphatic carbocycles. The third-order valence-corrected chi connectivity index (χ3v) is 10.6. The molecule has 3 saturated heterocycles. The first-order valence-electron chi connectivity index (χ1n) is 16.2. The fraction of sp³-hybridized carbons (Fsp3) is 0.471. The van der Waals surface area contributed by atoms with E-state index >= 15 is 0 Å². The maximum Gasteiger partial charge on any atom is 0.274 e. The molecule has 4 aliphatic rings. The van der Waals surface area contributed by atoms with Gasteiger partial charge in [0.1, 0.15) is 11.7 Å². The third kappa shape index (κ3) is 6.02. The number of fused-ring (bicyclic) bond motifs is 1. The molecule has 2 aromatic carbocycles. The molecule has 0 bridgehead atoms. The number of aromatic nitrogens is 2. The summed E-state index contributed by atoms with van der Waals surface area (Å²) in [4.78, 5) is 41.6. The largest absolute Gasteiger partial charge is 0.368 e. The number of piperazine rings is 1. The van der Waals surface area contributed by atoms with Crippen LogP contribution in [0, 0.1) is 11.7 Å². The minimum Gasteiger partial charge on any atom is -0.368 e. The van der Waals surface area contributed by atoms with Gasteiger partial charge in [0.25, 0.3) is 5.91 Å². The number of carbonyl (C=O) groups is 2. The summed E-state index contributed by atoms with van der Waals surface area (Å²) in [5, 5.41) is 5.66. The Morgan fingerprint density at radius 2 is 1.63 bits per heavy atom. The topological polar surface area (TPSA) is 77.3 Å². The summed E-state index contributed by atoms with van der Waals surface area (Å²) < 4.78 is 15.2. The summed E-state index contributed by atoms with van der Waals surface area (Å²) in [5.41, 5.74) is 2.69. The van der Waals surface area contributed by atoms with Crippen molar-refractivity contribution in [3.05, 3.63) is 75.7 Å². The van der Waals surface area contributed by atoms with Gasteiger partial charge in [-0.05, 0) is 87.7 Å². The fourth-order valence-electron chi connectivity index (χ4n) is 7.48. The Kier molecular flexibility index (Phi) is 8.78. The van der Waals surface area contributed by atoms with Crippen molar-refractivity contribution in [3.63, 3.8) is 0 Å². The van der Waals surface area contributed by atoms with Gasteiger partial charge in [-0.2, -0.15) is 5.10 Å². The standard InChI is InChI=1S/C34H38Cl2FN7O2/c1-22-31(34(46)42-17-15-41(16-18-42)25-9-7-24(37)8-10-25)32(23-6-11-27(35)28(36)19-23)44-30(38-22)20-29(39-44)33(45)43-14-4-5-26(43)21-40-12-2-3-13-40/h6-11,19-20,26,31-32H,2-5,12-18,21H2,1H3/t26-,31?,32?/m0/s1. The third-order valence-electron chi connectivity index (χ3n) is 9.90. The zero-order chi connectivity index (χ0) is 31.9. The molecule has 3 atom stereocenters. The van der Waals surface area contributed by atoms with Gasteiger partial charge in [0.2, 0.25) is 5.91 Å². The van der Waals surface area contributed by atoms with Gasteiger partial charge >= 0.3 is 0 Å². The summed E-state index contributed by atoms with van der Waals surface area (Å²) in [6, 6.07) is 13.2. The number of carbonyl (C=O) groups excluding carboxylic acids is 2. The van der Waals surface area contributed by atoms with Crippen molar-refractivity contribution < 1.29 is 14.0 Å². The smallest absolute Gasteiger partial charge is 0.274 e. The van der Waals surface area contributed by atoms with Gasteiger partial charge in [-0.3, -0.25) is 9.59 Å². The van der Waals surface area contributed by atoms with Crippen LogP contribution >= 0.6 is 23.2 Å². The van der Waals surface area contributed by atoms with Crippen LogP contribution in [0.25, 0.3) is 0 Å². The van der Waals surface area contributed by atoms with Crippen LogP contribution in [-0.2, 0) is 4.79 Å². The highest BCUT2D eigenvalue weighted by atomic mass is 35.5. The minimum atomic E-state index is -0.653. The average Bonchev–Trinajstić information content (AvgIpc) is 3.84. The first-order chi connectivity index (χ1) is 22.3. The highest BCUT2D eigenvalue weighted by Gasteiger charge is 2.42. The van der Waals surface area contributed by atoms with Crippen LogP contribution in [0.5, 0.6) is 0 Å². The van der Waals surface area contributed by atoms with Gasteiger partial charge in [-0.15, -0.1) is 0 Å². The molecule has 0 radical (unpaired) electrons. The number of nitrogens with zero attached hydrogens (tertiary/aromatic N) is 7. The molecule has 2 amide bonds. The Morgan fingerprint density at radius 3 is 2.35 bits per heavy atom. The first-order valence-corrected chi connectivity index (χ1v) is 16.9. The summed E-state index contributed by atoms with van der Waals surface area (Å²) in [6.07, 6.45) is 4.40. The van der Waals surface area contributed by atoms with E-state index in [1.54, 1.807) is 35.0 Å². The van der Waals surface area contributed by atoms with Crippen molar-refractivity contribution in [2.45, 2.75) is 44.7 Å². The molecule has 0 saturated carbocycles. The lowest BCUT2D eigenvalue weighted by Crippen LogP contribution is -2.53. The number of rotatable bonds is 6. The van der Waals surface area contributed by atoms with E-state index < -0.39 is 12.0 Å². The highest BCUT2D eigenvalue weighted by Crippen LogP contribution is 2.40. The monoisotopic (exact) mass is 665 g/mol. The maximum absolute atomic E-state index is 14.4. The van der Waals surface area contributed by atoms with E-state index in [9.17, 15) is 14.0 Å². The first kappa shape index (κ1) is 31.1. The van der Waals surface area contributed by atoms with Gasteiger partial charge in [-0.25, -0.2) is 14.1 Å². The molecule has 4 aliphatic heterocycles. The highest BCUT2D eigenvalue weighted by molar-refractivity contribution is 6.42. The maximum atomic E-state index is 14.4. The van der Waals surface area contributed by atoms with E-state index in [1.807, 2.05) is 22.8 Å². The Balaban J connectivity index is 1.16. The number of likely N-dealkylation sites (tertiary alicyclic amines) is 2. The predicted octanol–water partition coefficient (Wildman–Crippen LogP) is 5.69. The van der Waals surface area contributed by atoms with Crippen molar-refractivity contribution in [1.29, 1.82) is 0 Å². The van der Waals surface area contributed by atoms with Crippen LogP contribution in [0.4, 0.5) is 15.9 Å². The van der Waals surface area contributed by atoms with Crippen molar-refractivity contribution >= 4 is 52.2 Å². The molecular formula is C34H38Cl2FN7O2. The van der Waals surface area contributed by atoms with Crippen molar-refractivity contribution in [3.8, 4) is 0 Å².